The molecule has 0 aliphatic carbocycles. The number of benzene rings is 11. The summed E-state index contributed by atoms with van der Waals surface area (Å²) in [5, 5.41) is 29.4. The summed E-state index contributed by atoms with van der Waals surface area (Å²) in [4.78, 5) is 62.8. The molecule has 0 bridgehead atoms. The number of fused-ring (bicyclic) bond motifs is 7. The first-order valence-electron chi connectivity index (χ1n) is 35.9. The number of pyridine rings is 3. The number of carboxylic acids is 1. The van der Waals surface area contributed by atoms with E-state index < -0.39 is 53.4 Å². The van der Waals surface area contributed by atoms with Gasteiger partial charge in [0.1, 0.15) is 53.2 Å². The molecular weight excluding hydrogens is 1480 g/mol. The van der Waals surface area contributed by atoms with Crippen LogP contribution in [0, 0.1) is 13.8 Å². The van der Waals surface area contributed by atoms with Crippen LogP contribution in [0.3, 0.4) is 0 Å². The first kappa shape index (κ1) is 83.2. The number of aliphatic carboxylic acids is 1. The normalized spacial score (nSPS) is 11.2. The third-order valence-corrected chi connectivity index (χ3v) is 18.8. The molecule has 0 saturated heterocycles. The van der Waals surface area contributed by atoms with Crippen molar-refractivity contribution in [2.45, 2.75) is 52.3 Å². The van der Waals surface area contributed by atoms with Gasteiger partial charge in [-0.2, -0.15) is 26.2 Å². The molecule has 11 aromatic carbocycles. The lowest BCUT2D eigenvalue weighted by molar-refractivity contribution is -0.644. The van der Waals surface area contributed by atoms with E-state index in [1.54, 1.807) is 30.3 Å². The number of aryl methyl sites for hydroxylation is 3. The highest BCUT2D eigenvalue weighted by Gasteiger charge is 2.47. The van der Waals surface area contributed by atoms with Gasteiger partial charge in [-0.15, -0.1) is 0 Å². The van der Waals surface area contributed by atoms with Crippen LogP contribution in [-0.4, -0.2) is 90.4 Å². The number of ether oxygens (including phenoxy) is 4. The number of hydrogen-bond acceptors (Lipinski definition) is 16. The smallest absolute Gasteiger partial charge is 0.480 e. The molecule has 3 N–H and O–H groups in total. The Bertz CT molecular complexity index is 5650. The standard InChI is InChI=1S/C33H27N2O2.C23H20NO2.C14H11N.C10H9F3O5S.C9H10O3.C2H4O3/c1-34-20-19-25(26-13-5-8-16-30(26)34)21-29-27-14-6-9-17-31(27)35(32-18-10-7-15-28(29)32)22-33(36)37-23-24-11-3-2-4-12-24;1-17-19-11-5-7-13-21(19)24(22-14-8-6-12-20(17)22)15-23(25)26-16-18-9-3-2-4-10-18;1-10-11-6-2-4-8-13(11)15-14-9-5-3-7-12(10)14;11-10(12,13)19(15,16)18-7-9(14)17-6-8-4-2-1-3-5-8;10-6-9(11)12-7-8-4-2-1-3-5-8;3-1-2(4)5/h2-21H,22-23H2,1H3;2-14H,15-16H2,1H3;2-9H,1H3;1-5H,6-7H2;1-5,10H,6-7H2;3H,1H2,(H,4,5)/q2*+1;;;;. The van der Waals surface area contributed by atoms with Crippen molar-refractivity contribution in [2.24, 2.45) is 7.05 Å². The molecule has 1 aliphatic heterocycles. The summed E-state index contributed by atoms with van der Waals surface area (Å²) in [5.74, 6) is -3.50. The number of carboxylic acid groups (broad SMARTS) is 1. The van der Waals surface area contributed by atoms with Gasteiger partial charge in [-0.05, 0) is 107 Å². The number of rotatable bonds is 18. The molecular formula is C91H81F3N4O15S+2. The SMILES string of the molecule is C[n+]1ccc(C=C2c3ccccc3N(CC(=O)OCc3ccccc3)c3ccccc32)c2ccccc21.Cc1c2ccccc2[n+](CC(=O)OCc2ccccc2)c2ccccc12.Cc1c2ccccc2nc2ccccc12.O=C(CO)OCc1ccccc1.O=C(COS(=O)(=O)C(F)(F)F)OCc1ccccc1.O=C(O)CO. The van der Waals surface area contributed by atoms with E-state index >= 15 is 0 Å². The van der Waals surface area contributed by atoms with Crippen molar-refractivity contribution < 1.29 is 93.1 Å². The van der Waals surface area contributed by atoms with Gasteiger partial charge in [-0.25, -0.2) is 28.7 Å². The van der Waals surface area contributed by atoms with E-state index in [1.165, 1.54) is 32.8 Å². The second kappa shape index (κ2) is 40.6. The number of esters is 4. The van der Waals surface area contributed by atoms with Gasteiger partial charge < -0.3 is 39.2 Å². The summed E-state index contributed by atoms with van der Waals surface area (Å²) < 4.78 is 84.6. The quantitative estimate of drug-likeness (QED) is 0.0180. The molecule has 1 aliphatic rings. The molecule has 0 atom stereocenters. The van der Waals surface area contributed by atoms with Gasteiger partial charge in [-0.1, -0.05) is 231 Å². The fourth-order valence-electron chi connectivity index (χ4n) is 12.3. The van der Waals surface area contributed by atoms with E-state index in [1.807, 2.05) is 144 Å². The number of aliphatic hydroxyl groups excluding tert-OH is 2. The number of aromatic nitrogens is 3. The number of aliphatic hydroxyl groups is 2. The monoisotopic (exact) mass is 1560 g/mol. The topological polar surface area (TPSA) is 250 Å². The summed E-state index contributed by atoms with van der Waals surface area (Å²) >= 11 is 0. The van der Waals surface area contributed by atoms with Gasteiger partial charge in [0.15, 0.2) is 12.8 Å². The Morgan fingerprint density at radius 1 is 0.439 bits per heavy atom. The Kier molecular flexibility index (Phi) is 29.6. The second-order valence-electron chi connectivity index (χ2n) is 25.6. The minimum absolute atomic E-state index is 0.137. The third kappa shape index (κ3) is 22.7. The van der Waals surface area contributed by atoms with Gasteiger partial charge in [-0.3, -0.25) is 8.98 Å². The average Bonchev–Trinajstić information content (AvgIpc) is 0.746. The van der Waals surface area contributed by atoms with Gasteiger partial charge in [0, 0.05) is 68.3 Å². The number of alkyl halides is 3. The Morgan fingerprint density at radius 3 is 1.24 bits per heavy atom. The summed E-state index contributed by atoms with van der Waals surface area (Å²) in [6, 6.07) is 97.3. The predicted molar refractivity (Wildman–Crippen MR) is 430 cm³/mol. The molecule has 0 radical (unpaired) electrons. The van der Waals surface area contributed by atoms with Crippen molar-refractivity contribution in [3.63, 3.8) is 0 Å². The zero-order valence-electron chi connectivity index (χ0n) is 62.4. The van der Waals surface area contributed by atoms with Crippen LogP contribution in [-0.2, 0) is 97.2 Å². The Labute approximate surface area is 656 Å². The first-order valence-corrected chi connectivity index (χ1v) is 37.3. The van der Waals surface area contributed by atoms with Crippen molar-refractivity contribution in [2.75, 3.05) is 31.3 Å². The average molecular weight is 1560 g/mol. The summed E-state index contributed by atoms with van der Waals surface area (Å²) in [6.45, 7) is 2.54. The number of carbonyl (C=O) groups is 5. The molecule has 14 aromatic rings. The van der Waals surface area contributed by atoms with Crippen molar-refractivity contribution in [3.05, 3.63) is 354 Å². The molecule has 0 fully saturated rings. The van der Waals surface area contributed by atoms with Crippen LogP contribution in [0.2, 0.25) is 0 Å². The molecule has 580 valence electrons. The Balaban J connectivity index is 0.000000157. The molecule has 0 amide bonds. The fourth-order valence-corrected chi connectivity index (χ4v) is 12.7. The van der Waals surface area contributed by atoms with E-state index in [2.05, 4.69) is 189 Å². The van der Waals surface area contributed by atoms with Crippen molar-refractivity contribution in [3.8, 4) is 0 Å². The maximum atomic E-state index is 13.0. The lowest BCUT2D eigenvalue weighted by atomic mass is 9.88. The summed E-state index contributed by atoms with van der Waals surface area (Å²) in [6.07, 6.45) is 4.37. The van der Waals surface area contributed by atoms with Gasteiger partial charge >= 0.3 is 45.5 Å². The number of nitrogens with zero attached hydrogens (tertiary/aromatic N) is 4. The molecule has 114 heavy (non-hydrogen) atoms. The van der Waals surface area contributed by atoms with Gasteiger partial charge in [0.2, 0.25) is 23.1 Å². The highest BCUT2D eigenvalue weighted by atomic mass is 32.2. The first-order chi connectivity index (χ1) is 55.1. The molecule has 0 saturated carbocycles. The summed E-state index contributed by atoms with van der Waals surface area (Å²) in [7, 11) is -3.71. The minimum atomic E-state index is -5.78. The largest absolute Gasteiger partial charge is 0.523 e. The van der Waals surface area contributed by atoms with Crippen LogP contribution in [0.15, 0.2) is 303 Å². The second-order valence-corrected chi connectivity index (χ2v) is 27.2. The number of anilines is 2. The molecule has 23 heteroatoms. The van der Waals surface area contributed by atoms with Crippen LogP contribution in [0.4, 0.5) is 24.5 Å². The number of halogens is 3. The maximum Gasteiger partial charge on any atom is 0.523 e. The molecule has 19 nitrogen and oxygen atoms in total. The highest BCUT2D eigenvalue weighted by Crippen LogP contribution is 2.46. The van der Waals surface area contributed by atoms with Crippen molar-refractivity contribution >= 4 is 118 Å². The Hall–Kier alpha value is -13.3. The van der Waals surface area contributed by atoms with Gasteiger partial charge in [0.05, 0.1) is 16.4 Å². The number of hydrogen-bond donors (Lipinski definition) is 3. The fraction of sp³-hybridized carbons (Fsp3) is 0.143. The molecule has 0 spiro atoms. The minimum Gasteiger partial charge on any atom is -0.480 e. The zero-order valence-corrected chi connectivity index (χ0v) is 63.2. The van der Waals surface area contributed by atoms with Crippen molar-refractivity contribution in [1.29, 1.82) is 0 Å². The van der Waals surface area contributed by atoms with Crippen LogP contribution in [0.25, 0.3) is 66.2 Å². The number of para-hydroxylation sites is 7. The van der Waals surface area contributed by atoms with Crippen LogP contribution >= 0.6 is 0 Å². The Morgan fingerprint density at radius 2 is 0.798 bits per heavy atom. The summed E-state index contributed by atoms with van der Waals surface area (Å²) in [5.41, 5.74) is 12.4. The van der Waals surface area contributed by atoms with E-state index in [4.69, 9.17) is 29.6 Å². The van der Waals surface area contributed by atoms with E-state index in [0.29, 0.717) is 12.2 Å². The molecule has 15 rings (SSSR count). The maximum absolute atomic E-state index is 13.0. The lowest BCUT2D eigenvalue weighted by Gasteiger charge is -2.34. The zero-order chi connectivity index (χ0) is 81.0. The van der Waals surface area contributed by atoms with E-state index in [-0.39, 0.29) is 44.8 Å². The van der Waals surface area contributed by atoms with E-state index in [9.17, 15) is 40.8 Å². The van der Waals surface area contributed by atoms with Crippen LogP contribution in [0.1, 0.15) is 50.1 Å². The van der Waals surface area contributed by atoms with Crippen LogP contribution in [0.5, 0.6) is 0 Å². The van der Waals surface area contributed by atoms with Gasteiger partial charge in [0.25, 0.3) is 0 Å². The lowest BCUT2D eigenvalue weighted by Crippen LogP contribution is -2.40. The molecule has 4 heterocycles. The third-order valence-electron chi connectivity index (χ3n) is 17.8. The van der Waals surface area contributed by atoms with Crippen molar-refractivity contribution in [1.82, 2.24) is 4.98 Å². The highest BCUT2D eigenvalue weighted by molar-refractivity contribution is 7.87. The number of carbonyl (C=O) groups excluding carboxylic acids is 4. The molecule has 3 aromatic heterocycles. The predicted octanol–water partition coefficient (Wildman–Crippen LogP) is 15.9. The van der Waals surface area contributed by atoms with Crippen LogP contribution < -0.4 is 14.0 Å². The van der Waals surface area contributed by atoms with E-state index in [0.717, 1.165) is 83.2 Å². The molecule has 0 unspecified atom stereocenters.